The molecular weight excluding hydrogens is 276 g/mol. The van der Waals surface area contributed by atoms with Gasteiger partial charge >= 0.3 is 0 Å². The molecule has 0 amide bonds. The van der Waals surface area contributed by atoms with Gasteiger partial charge in [0.2, 0.25) is 0 Å². The van der Waals surface area contributed by atoms with Crippen molar-refractivity contribution in [1.29, 1.82) is 0 Å². The van der Waals surface area contributed by atoms with E-state index in [4.69, 9.17) is 5.73 Å². The molecule has 0 spiro atoms. The van der Waals surface area contributed by atoms with Crippen LogP contribution in [0, 0.1) is 13.8 Å². The maximum absolute atomic E-state index is 6.26. The van der Waals surface area contributed by atoms with Crippen molar-refractivity contribution in [3.05, 3.63) is 63.4 Å². The van der Waals surface area contributed by atoms with Crippen molar-refractivity contribution >= 4 is 15.9 Å². The Morgan fingerprint density at radius 1 is 1.18 bits per heavy atom. The fraction of sp³-hybridized carbons (Fsp3) is 0.214. The number of nitrogens with two attached hydrogens (primary N) is 1. The fourth-order valence-corrected chi connectivity index (χ4v) is 2.31. The van der Waals surface area contributed by atoms with Crippen LogP contribution < -0.4 is 5.73 Å². The molecule has 88 valence electrons. The zero-order chi connectivity index (χ0) is 12.4. The van der Waals surface area contributed by atoms with Gasteiger partial charge in [0.25, 0.3) is 0 Å². The third-order valence-corrected chi connectivity index (χ3v) is 3.35. The van der Waals surface area contributed by atoms with Crippen molar-refractivity contribution in [2.24, 2.45) is 5.73 Å². The molecule has 0 saturated heterocycles. The minimum Gasteiger partial charge on any atom is -0.320 e. The topological polar surface area (TPSA) is 38.9 Å². The van der Waals surface area contributed by atoms with Gasteiger partial charge < -0.3 is 5.73 Å². The number of hydrogen-bond donors (Lipinski definition) is 1. The molecule has 2 aromatic rings. The van der Waals surface area contributed by atoms with Crippen LogP contribution in [-0.4, -0.2) is 4.98 Å². The van der Waals surface area contributed by atoms with E-state index in [9.17, 15) is 0 Å². The fourth-order valence-electron chi connectivity index (χ4n) is 1.83. The molecular formula is C14H15BrN2. The first kappa shape index (κ1) is 12.3. The number of aryl methyl sites for hydroxylation is 2. The van der Waals surface area contributed by atoms with Crippen LogP contribution >= 0.6 is 15.9 Å². The third kappa shape index (κ3) is 2.73. The molecule has 1 aromatic heterocycles. The lowest BCUT2D eigenvalue weighted by atomic mass is 9.97. The van der Waals surface area contributed by atoms with Crippen LogP contribution in [0.3, 0.4) is 0 Å². The minimum absolute atomic E-state index is 0.115. The van der Waals surface area contributed by atoms with Crippen molar-refractivity contribution in [3.8, 4) is 0 Å². The number of benzene rings is 1. The largest absolute Gasteiger partial charge is 0.320 e. The Morgan fingerprint density at radius 3 is 2.53 bits per heavy atom. The molecule has 1 heterocycles. The molecule has 3 heteroatoms. The van der Waals surface area contributed by atoms with Crippen LogP contribution in [0.2, 0.25) is 0 Å². The van der Waals surface area contributed by atoms with Gasteiger partial charge in [-0.05, 0) is 48.7 Å². The van der Waals surface area contributed by atoms with Crippen LogP contribution in [0.5, 0.6) is 0 Å². The van der Waals surface area contributed by atoms with E-state index in [1.165, 1.54) is 5.56 Å². The number of pyridine rings is 1. The van der Waals surface area contributed by atoms with E-state index < -0.39 is 0 Å². The lowest BCUT2D eigenvalue weighted by Gasteiger charge is -2.15. The highest BCUT2D eigenvalue weighted by atomic mass is 79.9. The van der Waals surface area contributed by atoms with E-state index >= 15 is 0 Å². The van der Waals surface area contributed by atoms with Gasteiger partial charge in [-0.3, -0.25) is 4.98 Å². The minimum atomic E-state index is -0.115. The molecule has 0 radical (unpaired) electrons. The Hall–Kier alpha value is -1.19. The third-order valence-electron chi connectivity index (χ3n) is 2.86. The molecule has 2 rings (SSSR count). The summed E-state index contributed by atoms with van der Waals surface area (Å²) in [4.78, 5) is 4.28. The molecule has 0 fully saturated rings. The quantitative estimate of drug-likeness (QED) is 0.919. The number of rotatable bonds is 2. The molecule has 0 aliphatic heterocycles. The van der Waals surface area contributed by atoms with Crippen molar-refractivity contribution in [1.82, 2.24) is 4.98 Å². The van der Waals surface area contributed by atoms with Crippen LogP contribution in [0.4, 0.5) is 0 Å². The predicted octanol–water partition coefficient (Wildman–Crippen LogP) is 3.51. The number of halogens is 1. The maximum Gasteiger partial charge on any atom is 0.0569 e. The zero-order valence-corrected chi connectivity index (χ0v) is 11.5. The lowest BCUT2D eigenvalue weighted by molar-refractivity contribution is 0.851. The summed E-state index contributed by atoms with van der Waals surface area (Å²) in [6.07, 6.45) is 1.85. The molecule has 0 saturated carbocycles. The monoisotopic (exact) mass is 290 g/mol. The highest BCUT2D eigenvalue weighted by molar-refractivity contribution is 9.10. The second-order valence-electron chi connectivity index (χ2n) is 4.21. The lowest BCUT2D eigenvalue weighted by Crippen LogP contribution is -2.13. The van der Waals surface area contributed by atoms with Gasteiger partial charge in [0.15, 0.2) is 0 Å². The van der Waals surface area contributed by atoms with Crippen LogP contribution in [0.25, 0.3) is 0 Å². The summed E-state index contributed by atoms with van der Waals surface area (Å²) < 4.78 is 1.08. The molecule has 1 atom stereocenters. The number of aromatic nitrogens is 1. The molecule has 2 N–H and O–H groups in total. The first-order chi connectivity index (χ1) is 8.08. The van der Waals surface area contributed by atoms with Crippen molar-refractivity contribution in [2.75, 3.05) is 0 Å². The van der Waals surface area contributed by atoms with Gasteiger partial charge in [0.05, 0.1) is 6.04 Å². The van der Waals surface area contributed by atoms with Crippen molar-refractivity contribution in [2.45, 2.75) is 19.9 Å². The molecule has 1 unspecified atom stereocenters. The summed E-state index contributed by atoms with van der Waals surface area (Å²) in [5, 5.41) is 0. The number of hydrogen-bond acceptors (Lipinski definition) is 2. The van der Waals surface area contributed by atoms with E-state index in [1.54, 1.807) is 0 Å². The van der Waals surface area contributed by atoms with Gasteiger partial charge in [-0.2, -0.15) is 0 Å². The molecule has 0 aliphatic carbocycles. The molecule has 17 heavy (non-hydrogen) atoms. The van der Waals surface area contributed by atoms with Gasteiger partial charge in [-0.25, -0.2) is 0 Å². The second kappa shape index (κ2) is 4.98. The molecule has 0 aliphatic rings. The molecule has 0 bridgehead atoms. The first-order valence-corrected chi connectivity index (χ1v) is 6.31. The highest BCUT2D eigenvalue weighted by Gasteiger charge is 2.11. The summed E-state index contributed by atoms with van der Waals surface area (Å²) in [6.45, 7) is 4.04. The van der Waals surface area contributed by atoms with Crippen LogP contribution in [-0.2, 0) is 0 Å². The van der Waals surface area contributed by atoms with E-state index in [-0.39, 0.29) is 6.04 Å². The standard InChI is InChI=1S/C14H15BrN2/c1-9-7-12(15)5-6-13(9)14(16)11-4-3-10(2)17-8-11/h3-8,14H,16H2,1-2H3. The van der Waals surface area contributed by atoms with Gasteiger partial charge in [-0.1, -0.05) is 28.1 Å². The maximum atomic E-state index is 6.26. The summed E-state index contributed by atoms with van der Waals surface area (Å²) in [5.74, 6) is 0. The Balaban J connectivity index is 2.36. The summed E-state index contributed by atoms with van der Waals surface area (Å²) in [6, 6.07) is 10.1. The zero-order valence-electron chi connectivity index (χ0n) is 9.94. The highest BCUT2D eigenvalue weighted by Crippen LogP contribution is 2.24. The Kier molecular flexibility index (Phi) is 3.60. The van der Waals surface area contributed by atoms with E-state index in [2.05, 4.69) is 40.0 Å². The number of nitrogens with zero attached hydrogens (tertiary/aromatic N) is 1. The van der Waals surface area contributed by atoms with E-state index in [0.717, 1.165) is 21.3 Å². The molecule has 2 nitrogen and oxygen atoms in total. The predicted molar refractivity (Wildman–Crippen MR) is 73.9 cm³/mol. The smallest absolute Gasteiger partial charge is 0.0569 e. The van der Waals surface area contributed by atoms with E-state index in [0.29, 0.717) is 0 Å². The average Bonchev–Trinajstić information content (AvgIpc) is 2.29. The van der Waals surface area contributed by atoms with E-state index in [1.807, 2.05) is 31.3 Å². The van der Waals surface area contributed by atoms with Crippen LogP contribution in [0.1, 0.15) is 28.4 Å². The molecule has 1 aromatic carbocycles. The Labute approximate surface area is 110 Å². The van der Waals surface area contributed by atoms with Gasteiger partial charge in [-0.15, -0.1) is 0 Å². The summed E-state index contributed by atoms with van der Waals surface area (Å²) in [5.41, 5.74) is 10.6. The normalized spacial score (nSPS) is 12.5. The summed E-state index contributed by atoms with van der Waals surface area (Å²) in [7, 11) is 0. The second-order valence-corrected chi connectivity index (χ2v) is 5.13. The Morgan fingerprint density at radius 2 is 1.94 bits per heavy atom. The van der Waals surface area contributed by atoms with Crippen LogP contribution in [0.15, 0.2) is 41.0 Å². The van der Waals surface area contributed by atoms with Crippen molar-refractivity contribution in [3.63, 3.8) is 0 Å². The SMILES string of the molecule is Cc1ccc(C(N)c2ccc(Br)cc2C)cn1. The average molecular weight is 291 g/mol. The Bertz CT molecular complexity index is 520. The van der Waals surface area contributed by atoms with Gasteiger partial charge in [0.1, 0.15) is 0 Å². The summed E-state index contributed by atoms with van der Waals surface area (Å²) >= 11 is 3.46. The van der Waals surface area contributed by atoms with Crippen molar-refractivity contribution < 1.29 is 0 Å². The first-order valence-electron chi connectivity index (χ1n) is 5.52. The van der Waals surface area contributed by atoms with Gasteiger partial charge in [0, 0.05) is 16.4 Å².